The number of aromatic nitrogens is 3. The molecule has 124 valence electrons. The Kier molecular flexibility index (Phi) is 4.55. The average Bonchev–Trinajstić information content (AvgIpc) is 2.94. The van der Waals surface area contributed by atoms with Gasteiger partial charge in [-0.15, -0.1) is 0 Å². The minimum atomic E-state index is -0.374. The summed E-state index contributed by atoms with van der Waals surface area (Å²) in [5, 5.41) is 2.81. The van der Waals surface area contributed by atoms with Gasteiger partial charge in [-0.3, -0.25) is 4.79 Å². The number of carbonyl (C=O) groups is 1. The maximum Gasteiger partial charge on any atom is 0.251 e. The van der Waals surface area contributed by atoms with Crippen molar-refractivity contribution in [2.75, 3.05) is 6.54 Å². The summed E-state index contributed by atoms with van der Waals surface area (Å²) in [4.78, 5) is 21.0. The number of nitrogens with zero attached hydrogens (tertiary/aromatic N) is 3. The monoisotopic (exact) mass is 326 g/mol. The van der Waals surface area contributed by atoms with Gasteiger partial charge in [0, 0.05) is 31.3 Å². The van der Waals surface area contributed by atoms with E-state index in [2.05, 4.69) is 15.3 Å². The van der Waals surface area contributed by atoms with Crippen LogP contribution in [0.1, 0.15) is 28.7 Å². The zero-order valence-corrected chi connectivity index (χ0v) is 13.7. The van der Waals surface area contributed by atoms with Gasteiger partial charge < -0.3 is 9.88 Å². The molecule has 1 N–H and O–H groups in total. The molecule has 6 heteroatoms. The number of amides is 1. The standard InChI is InChI=1S/C18H19FN4O/c1-3-23-16(22-15-5-4-9-20-17(15)23)8-10-21-18(24)13-7-6-12(2)14(19)11-13/h4-7,9,11H,3,8,10H2,1-2H3,(H,21,24). The van der Waals surface area contributed by atoms with Gasteiger partial charge in [-0.05, 0) is 43.7 Å². The van der Waals surface area contributed by atoms with Crippen molar-refractivity contribution in [1.82, 2.24) is 19.9 Å². The Bertz CT molecular complexity index is 888. The van der Waals surface area contributed by atoms with Crippen LogP contribution in [-0.4, -0.2) is 27.0 Å². The van der Waals surface area contributed by atoms with Crippen LogP contribution in [0.5, 0.6) is 0 Å². The lowest BCUT2D eigenvalue weighted by molar-refractivity contribution is 0.0953. The van der Waals surface area contributed by atoms with Crippen molar-refractivity contribution in [1.29, 1.82) is 0 Å². The van der Waals surface area contributed by atoms with Gasteiger partial charge in [-0.1, -0.05) is 6.07 Å². The fraction of sp³-hybridized carbons (Fsp3) is 0.278. The van der Waals surface area contributed by atoms with Crippen LogP contribution < -0.4 is 5.32 Å². The van der Waals surface area contributed by atoms with Gasteiger partial charge in [0.2, 0.25) is 0 Å². The summed E-state index contributed by atoms with van der Waals surface area (Å²) in [6, 6.07) is 8.26. The average molecular weight is 326 g/mol. The van der Waals surface area contributed by atoms with E-state index in [1.807, 2.05) is 23.6 Å². The number of halogens is 1. The number of aryl methyl sites for hydroxylation is 2. The van der Waals surface area contributed by atoms with Gasteiger partial charge in [0.25, 0.3) is 5.91 Å². The first-order valence-corrected chi connectivity index (χ1v) is 7.94. The second-order valence-electron chi connectivity index (χ2n) is 5.59. The van der Waals surface area contributed by atoms with Crippen LogP contribution >= 0.6 is 0 Å². The van der Waals surface area contributed by atoms with Gasteiger partial charge in [0.15, 0.2) is 5.65 Å². The van der Waals surface area contributed by atoms with Gasteiger partial charge in [-0.2, -0.15) is 0 Å². The highest BCUT2D eigenvalue weighted by molar-refractivity contribution is 5.94. The van der Waals surface area contributed by atoms with Crippen LogP contribution in [0, 0.1) is 12.7 Å². The Morgan fingerprint density at radius 1 is 1.33 bits per heavy atom. The molecule has 2 heterocycles. The Hall–Kier alpha value is -2.76. The highest BCUT2D eigenvalue weighted by atomic mass is 19.1. The largest absolute Gasteiger partial charge is 0.352 e. The highest BCUT2D eigenvalue weighted by Gasteiger charge is 2.11. The van der Waals surface area contributed by atoms with E-state index in [-0.39, 0.29) is 11.7 Å². The molecular formula is C18H19FN4O. The number of hydrogen-bond donors (Lipinski definition) is 1. The van der Waals surface area contributed by atoms with Gasteiger partial charge in [0.1, 0.15) is 17.2 Å². The molecule has 0 aliphatic carbocycles. The van der Waals surface area contributed by atoms with E-state index >= 15 is 0 Å². The lowest BCUT2D eigenvalue weighted by atomic mass is 10.1. The van der Waals surface area contributed by atoms with Crippen LogP contribution in [0.15, 0.2) is 36.5 Å². The lowest BCUT2D eigenvalue weighted by Crippen LogP contribution is -2.26. The quantitative estimate of drug-likeness (QED) is 0.784. The molecular weight excluding hydrogens is 307 g/mol. The van der Waals surface area contributed by atoms with E-state index in [9.17, 15) is 9.18 Å². The molecule has 0 bridgehead atoms. The second-order valence-corrected chi connectivity index (χ2v) is 5.59. The molecule has 0 saturated heterocycles. The zero-order valence-electron chi connectivity index (χ0n) is 13.7. The van der Waals surface area contributed by atoms with Crippen molar-refractivity contribution in [3.63, 3.8) is 0 Å². The summed E-state index contributed by atoms with van der Waals surface area (Å²) in [6.07, 6.45) is 2.33. The molecule has 2 aromatic heterocycles. The van der Waals surface area contributed by atoms with E-state index in [0.29, 0.717) is 24.1 Å². The van der Waals surface area contributed by atoms with Crippen molar-refractivity contribution in [3.8, 4) is 0 Å². The Balaban J connectivity index is 1.68. The van der Waals surface area contributed by atoms with E-state index in [4.69, 9.17) is 0 Å². The molecule has 0 atom stereocenters. The number of nitrogens with one attached hydrogen (secondary N) is 1. The lowest BCUT2D eigenvalue weighted by Gasteiger charge is -2.07. The Morgan fingerprint density at radius 2 is 2.17 bits per heavy atom. The van der Waals surface area contributed by atoms with Gasteiger partial charge in [-0.25, -0.2) is 14.4 Å². The molecule has 0 fully saturated rings. The van der Waals surface area contributed by atoms with Crippen LogP contribution in [-0.2, 0) is 13.0 Å². The Morgan fingerprint density at radius 3 is 2.92 bits per heavy atom. The minimum Gasteiger partial charge on any atom is -0.352 e. The van der Waals surface area contributed by atoms with Crippen LogP contribution in [0.3, 0.4) is 0 Å². The number of fused-ring (bicyclic) bond motifs is 1. The molecule has 3 rings (SSSR count). The van der Waals surface area contributed by atoms with Gasteiger partial charge in [0.05, 0.1) is 0 Å². The van der Waals surface area contributed by atoms with Gasteiger partial charge >= 0.3 is 0 Å². The normalized spacial score (nSPS) is 11.0. The van der Waals surface area contributed by atoms with Crippen LogP contribution in [0.25, 0.3) is 11.2 Å². The number of hydrogen-bond acceptors (Lipinski definition) is 3. The molecule has 1 aromatic carbocycles. The van der Waals surface area contributed by atoms with Crippen molar-refractivity contribution in [2.24, 2.45) is 0 Å². The van der Waals surface area contributed by atoms with E-state index in [0.717, 1.165) is 23.5 Å². The van der Waals surface area contributed by atoms with Crippen LogP contribution in [0.2, 0.25) is 0 Å². The number of pyridine rings is 1. The predicted molar refractivity (Wildman–Crippen MR) is 90.4 cm³/mol. The SMILES string of the molecule is CCn1c(CCNC(=O)c2ccc(C)c(F)c2)nc2cccnc21. The summed E-state index contributed by atoms with van der Waals surface area (Å²) in [5.41, 5.74) is 2.54. The van der Waals surface area contributed by atoms with Crippen molar-refractivity contribution in [2.45, 2.75) is 26.8 Å². The molecule has 0 saturated carbocycles. The third kappa shape index (κ3) is 3.13. The van der Waals surface area contributed by atoms with E-state index < -0.39 is 0 Å². The van der Waals surface area contributed by atoms with Crippen LogP contribution in [0.4, 0.5) is 4.39 Å². The predicted octanol–water partition coefficient (Wildman–Crippen LogP) is 2.87. The first-order valence-electron chi connectivity index (χ1n) is 7.94. The number of rotatable bonds is 5. The van der Waals surface area contributed by atoms with Crippen molar-refractivity contribution < 1.29 is 9.18 Å². The van der Waals surface area contributed by atoms with E-state index in [1.54, 1.807) is 25.3 Å². The molecule has 5 nitrogen and oxygen atoms in total. The summed E-state index contributed by atoms with van der Waals surface area (Å²) in [7, 11) is 0. The maximum atomic E-state index is 13.5. The number of benzene rings is 1. The summed E-state index contributed by atoms with van der Waals surface area (Å²) >= 11 is 0. The third-order valence-corrected chi connectivity index (χ3v) is 3.97. The Labute approximate surface area is 139 Å². The molecule has 3 aromatic rings. The molecule has 0 radical (unpaired) electrons. The topological polar surface area (TPSA) is 59.8 Å². The maximum absolute atomic E-state index is 13.5. The second kappa shape index (κ2) is 6.78. The fourth-order valence-corrected chi connectivity index (χ4v) is 2.65. The first-order chi connectivity index (χ1) is 11.6. The summed E-state index contributed by atoms with van der Waals surface area (Å²) < 4.78 is 15.6. The molecule has 0 spiro atoms. The summed E-state index contributed by atoms with van der Waals surface area (Å²) in [5.74, 6) is 0.217. The molecule has 1 amide bonds. The number of carbonyl (C=O) groups excluding carboxylic acids is 1. The van der Waals surface area contributed by atoms with E-state index in [1.165, 1.54) is 6.07 Å². The fourth-order valence-electron chi connectivity index (χ4n) is 2.65. The minimum absolute atomic E-state index is 0.286. The molecule has 0 aliphatic rings. The first kappa shape index (κ1) is 16.1. The van der Waals surface area contributed by atoms with Crippen molar-refractivity contribution >= 4 is 17.1 Å². The molecule has 0 unspecified atom stereocenters. The molecule has 0 aliphatic heterocycles. The van der Waals surface area contributed by atoms with Crippen molar-refractivity contribution in [3.05, 3.63) is 59.3 Å². The summed E-state index contributed by atoms with van der Waals surface area (Å²) in [6.45, 7) is 4.89. The highest BCUT2D eigenvalue weighted by Crippen LogP contribution is 2.14. The zero-order chi connectivity index (χ0) is 17.1. The third-order valence-electron chi connectivity index (χ3n) is 3.97. The molecule has 24 heavy (non-hydrogen) atoms. The smallest absolute Gasteiger partial charge is 0.251 e. The number of imidazole rings is 1.